The largest absolute Gasteiger partial charge is 0.378 e. The van der Waals surface area contributed by atoms with Crippen molar-refractivity contribution < 1.29 is 9.59 Å². The molecule has 0 fully saturated rings. The molecule has 9 heteroatoms. The first-order valence-electron chi connectivity index (χ1n) is 20.0. The highest BCUT2D eigenvalue weighted by Crippen LogP contribution is 2.43. The third-order valence-electron chi connectivity index (χ3n) is 11.2. The monoisotopic (exact) mass is 778 g/mol. The Hall–Kier alpha value is -5.35. The summed E-state index contributed by atoms with van der Waals surface area (Å²) in [6.07, 6.45) is 8.38. The first-order valence-corrected chi connectivity index (χ1v) is 23.0. The van der Waals surface area contributed by atoms with E-state index in [1.165, 1.54) is 71.0 Å². The highest BCUT2D eigenvalue weighted by atomic mass is 28.3. The average molecular weight is 779 g/mol. The molecule has 1 aliphatic heterocycles. The van der Waals surface area contributed by atoms with Crippen LogP contribution in [0.15, 0.2) is 119 Å². The SMILES string of the molecule is C=C(C)C(=O)NCCCNCc1c2ccccc2c(CNCCCNC(=O)C(=C)C)c2cc(C3=C4C=C/C(=N\C)C=C4[Si](C)(C)c4cc(N(C)C)ccc43)ccc12. The standard InChI is InChI=1S/C48H58N6O2Si/c1-31(2)47(55)52-24-12-22-50-29-42-36-14-10-11-15-37(36)43(30-51-23-13-25-53-48(56)32(3)4)41-26-33(16-19-38(41)42)46-39-20-17-34(49-5)27-44(39)57(8,9)45-28-35(54(6)7)18-21-40(45)46/h10-11,14-21,26-28,50-51H,1,3,12-13,22-25,29-30H2,2,4-9H3,(H,52,55)(H,53,56)/b49-34+. The summed E-state index contributed by atoms with van der Waals surface area (Å²) in [5, 5.41) is 21.1. The molecule has 4 aromatic carbocycles. The summed E-state index contributed by atoms with van der Waals surface area (Å²) in [6, 6.07) is 22.8. The Balaban J connectivity index is 1.45. The zero-order chi connectivity index (χ0) is 40.9. The molecule has 4 aromatic rings. The van der Waals surface area contributed by atoms with E-state index in [0.717, 1.165) is 31.6 Å². The number of rotatable bonds is 16. The molecule has 2 aliphatic rings. The summed E-state index contributed by atoms with van der Waals surface area (Å²) in [5.74, 6) is -0.206. The third-order valence-corrected chi connectivity index (χ3v) is 14.7. The molecule has 0 atom stereocenters. The maximum absolute atomic E-state index is 12.1. The predicted octanol–water partition coefficient (Wildman–Crippen LogP) is 7.24. The molecule has 4 N–H and O–H groups in total. The van der Waals surface area contributed by atoms with E-state index in [9.17, 15) is 9.59 Å². The number of hydrogen-bond acceptors (Lipinski definition) is 6. The summed E-state index contributed by atoms with van der Waals surface area (Å²) >= 11 is 0. The molecule has 0 radical (unpaired) electrons. The predicted molar refractivity (Wildman–Crippen MR) is 244 cm³/mol. The fourth-order valence-corrected chi connectivity index (χ4v) is 11.1. The summed E-state index contributed by atoms with van der Waals surface area (Å²) in [4.78, 5) is 30.9. The second-order valence-corrected chi connectivity index (χ2v) is 20.3. The summed E-state index contributed by atoms with van der Waals surface area (Å²) in [7, 11) is 3.99. The van der Waals surface area contributed by atoms with E-state index in [1.54, 1.807) is 13.8 Å². The Labute approximate surface area is 339 Å². The summed E-state index contributed by atoms with van der Waals surface area (Å²) < 4.78 is 0. The van der Waals surface area contributed by atoms with Gasteiger partial charge in [-0.25, -0.2) is 0 Å². The van der Waals surface area contributed by atoms with Crippen molar-refractivity contribution in [3.63, 3.8) is 0 Å². The van der Waals surface area contributed by atoms with Gasteiger partial charge in [-0.1, -0.05) is 74.8 Å². The Morgan fingerprint density at radius 2 is 1.32 bits per heavy atom. The molecule has 1 aliphatic carbocycles. The number of fused-ring (bicyclic) bond motifs is 4. The van der Waals surface area contributed by atoms with Crippen molar-refractivity contribution in [3.05, 3.63) is 136 Å². The van der Waals surface area contributed by atoms with E-state index in [4.69, 9.17) is 0 Å². The van der Waals surface area contributed by atoms with Crippen LogP contribution in [0.25, 0.3) is 27.1 Å². The second-order valence-electron chi connectivity index (χ2n) is 16.0. The fourth-order valence-electron chi connectivity index (χ4n) is 8.01. The van der Waals surface area contributed by atoms with Gasteiger partial charge in [0.05, 0.1) is 5.71 Å². The number of anilines is 1. The van der Waals surface area contributed by atoms with Crippen LogP contribution in [-0.4, -0.2) is 72.9 Å². The number of aliphatic imine (C=N–C) groups is 1. The van der Waals surface area contributed by atoms with Crippen LogP contribution in [0.2, 0.25) is 13.1 Å². The molecule has 2 amide bonds. The maximum Gasteiger partial charge on any atom is 0.246 e. The smallest absolute Gasteiger partial charge is 0.246 e. The molecule has 1 heterocycles. The Bertz CT molecular complexity index is 2380. The van der Waals surface area contributed by atoms with Crippen molar-refractivity contribution in [2.45, 2.75) is 52.9 Å². The highest BCUT2D eigenvalue weighted by molar-refractivity contribution is 6.98. The van der Waals surface area contributed by atoms with Gasteiger partial charge in [0.25, 0.3) is 0 Å². The number of hydrogen-bond donors (Lipinski definition) is 4. The van der Waals surface area contributed by atoms with Gasteiger partial charge in [0.1, 0.15) is 8.07 Å². The van der Waals surface area contributed by atoms with E-state index in [-0.39, 0.29) is 11.8 Å². The molecule has 8 nitrogen and oxygen atoms in total. The van der Waals surface area contributed by atoms with Gasteiger partial charge >= 0.3 is 0 Å². The number of amides is 2. The minimum Gasteiger partial charge on any atom is -0.378 e. The lowest BCUT2D eigenvalue weighted by atomic mass is 9.86. The van der Waals surface area contributed by atoms with Gasteiger partial charge in [-0.2, -0.15) is 0 Å². The Morgan fingerprint density at radius 1 is 0.737 bits per heavy atom. The summed E-state index contributed by atoms with van der Waals surface area (Å²) in [6.45, 7) is 20.0. The molecule has 57 heavy (non-hydrogen) atoms. The van der Waals surface area contributed by atoms with Crippen LogP contribution in [0.5, 0.6) is 0 Å². The normalized spacial score (nSPS) is 15.0. The molecule has 0 saturated carbocycles. The molecular weight excluding hydrogens is 721 g/mol. The zero-order valence-corrected chi connectivity index (χ0v) is 35.8. The fraction of sp³-hybridized carbons (Fsp3) is 0.312. The number of nitrogens with zero attached hydrogens (tertiary/aromatic N) is 2. The lowest BCUT2D eigenvalue weighted by molar-refractivity contribution is -0.118. The number of allylic oxidation sites excluding steroid dienone is 5. The van der Waals surface area contributed by atoms with Gasteiger partial charge in [0.15, 0.2) is 0 Å². The minimum atomic E-state index is -2.10. The molecule has 0 aromatic heterocycles. The van der Waals surface area contributed by atoms with Crippen molar-refractivity contribution in [1.82, 2.24) is 21.3 Å². The van der Waals surface area contributed by atoms with E-state index < -0.39 is 8.07 Å². The third kappa shape index (κ3) is 8.81. The quantitative estimate of drug-likeness (QED) is 0.0417. The highest BCUT2D eigenvalue weighted by Gasteiger charge is 2.39. The van der Waals surface area contributed by atoms with Crippen LogP contribution in [0.4, 0.5) is 5.69 Å². The van der Waals surface area contributed by atoms with Crippen molar-refractivity contribution in [1.29, 1.82) is 0 Å². The topological polar surface area (TPSA) is 97.9 Å². The van der Waals surface area contributed by atoms with Gasteiger partial charge in [0, 0.05) is 64.2 Å². The van der Waals surface area contributed by atoms with Crippen molar-refractivity contribution >= 4 is 63.6 Å². The average Bonchev–Trinajstić information content (AvgIpc) is 3.20. The first-order chi connectivity index (χ1) is 27.3. The lowest BCUT2D eigenvalue weighted by Crippen LogP contribution is -2.49. The first kappa shape index (κ1) is 41.3. The number of carbonyl (C=O) groups excluding carboxylic acids is 2. The van der Waals surface area contributed by atoms with Crippen LogP contribution >= 0.6 is 0 Å². The molecule has 0 saturated heterocycles. The van der Waals surface area contributed by atoms with Gasteiger partial charge in [0.2, 0.25) is 11.8 Å². The second kappa shape index (κ2) is 17.8. The van der Waals surface area contributed by atoms with Gasteiger partial charge in [-0.05, 0) is 135 Å². The van der Waals surface area contributed by atoms with E-state index in [0.29, 0.717) is 37.3 Å². The number of nitrogens with one attached hydrogen (secondary N) is 4. The maximum atomic E-state index is 12.1. The number of carbonyl (C=O) groups is 2. The van der Waals surface area contributed by atoms with Crippen molar-refractivity contribution in [3.8, 4) is 0 Å². The summed E-state index contributed by atoms with van der Waals surface area (Å²) in [5.41, 5.74) is 10.8. The van der Waals surface area contributed by atoms with Gasteiger partial charge in [-0.3, -0.25) is 14.6 Å². The van der Waals surface area contributed by atoms with Crippen LogP contribution < -0.4 is 31.4 Å². The zero-order valence-electron chi connectivity index (χ0n) is 34.8. The minimum absolute atomic E-state index is 0.102. The molecular formula is C48H58N6O2Si. The molecule has 0 unspecified atom stereocenters. The molecule has 0 spiro atoms. The van der Waals surface area contributed by atoms with E-state index in [2.05, 4.69) is 150 Å². The van der Waals surface area contributed by atoms with Crippen LogP contribution in [0, 0.1) is 0 Å². The molecule has 296 valence electrons. The van der Waals surface area contributed by atoms with Crippen LogP contribution in [0.1, 0.15) is 48.9 Å². The van der Waals surface area contributed by atoms with Crippen LogP contribution in [0.3, 0.4) is 0 Å². The lowest BCUT2D eigenvalue weighted by Gasteiger charge is -2.38. The Morgan fingerprint density at radius 3 is 1.88 bits per heavy atom. The van der Waals surface area contributed by atoms with Crippen molar-refractivity contribution in [2.75, 3.05) is 52.2 Å². The van der Waals surface area contributed by atoms with Gasteiger partial charge in [-0.15, -0.1) is 0 Å². The van der Waals surface area contributed by atoms with Crippen molar-refractivity contribution in [2.24, 2.45) is 4.99 Å². The Kier molecular flexibility index (Phi) is 12.9. The molecule has 6 rings (SSSR count). The van der Waals surface area contributed by atoms with E-state index >= 15 is 0 Å². The molecule has 0 bridgehead atoms. The van der Waals surface area contributed by atoms with E-state index in [1.807, 2.05) is 7.05 Å². The van der Waals surface area contributed by atoms with Gasteiger partial charge < -0.3 is 26.2 Å². The number of benzene rings is 4. The van der Waals surface area contributed by atoms with Crippen LogP contribution in [-0.2, 0) is 22.7 Å².